The van der Waals surface area contributed by atoms with E-state index < -0.39 is 5.56 Å². The molecule has 8 heteroatoms. The van der Waals surface area contributed by atoms with Gasteiger partial charge in [-0.2, -0.15) is 4.98 Å². The van der Waals surface area contributed by atoms with Crippen molar-refractivity contribution in [1.82, 2.24) is 14.7 Å². The Kier molecular flexibility index (Phi) is 4.90. The Labute approximate surface area is 170 Å². The molecule has 0 atom stereocenters. The second-order valence-electron chi connectivity index (χ2n) is 5.90. The summed E-state index contributed by atoms with van der Waals surface area (Å²) in [6.07, 6.45) is 1.61. The zero-order valence-corrected chi connectivity index (χ0v) is 16.2. The van der Waals surface area contributed by atoms with Gasteiger partial charge >= 0.3 is 0 Å². The van der Waals surface area contributed by atoms with Crippen LogP contribution in [0.5, 0.6) is 0 Å². The number of hydrogen-bond donors (Lipinski definition) is 1. The maximum atomic E-state index is 13.0. The molecule has 28 heavy (non-hydrogen) atoms. The normalized spacial score (nSPS) is 10.8. The van der Waals surface area contributed by atoms with Gasteiger partial charge < -0.3 is 10.2 Å². The van der Waals surface area contributed by atoms with Crippen molar-refractivity contribution < 1.29 is 4.84 Å². The van der Waals surface area contributed by atoms with E-state index >= 15 is 0 Å². The van der Waals surface area contributed by atoms with Crippen LogP contribution in [0.4, 0.5) is 11.6 Å². The molecule has 0 radical (unpaired) electrons. The van der Waals surface area contributed by atoms with Gasteiger partial charge in [-0.05, 0) is 30.3 Å². The Bertz CT molecular complexity index is 1210. The van der Waals surface area contributed by atoms with E-state index in [4.69, 9.17) is 28.0 Å². The number of aromatic nitrogens is 3. The Balaban J connectivity index is 1.89. The molecule has 1 N–H and O–H groups in total. The van der Waals surface area contributed by atoms with Crippen molar-refractivity contribution in [2.45, 2.75) is 0 Å². The van der Waals surface area contributed by atoms with E-state index in [2.05, 4.69) is 15.3 Å². The molecule has 0 unspecified atom stereocenters. The Morgan fingerprint density at radius 1 is 1.04 bits per heavy atom. The summed E-state index contributed by atoms with van der Waals surface area (Å²) in [7, 11) is 1.39. The monoisotopic (exact) mass is 412 g/mol. The summed E-state index contributed by atoms with van der Waals surface area (Å²) in [4.78, 5) is 27.1. The van der Waals surface area contributed by atoms with Crippen LogP contribution in [-0.2, 0) is 0 Å². The molecule has 140 valence electrons. The minimum Gasteiger partial charge on any atom is -0.412 e. The number of anilines is 2. The molecule has 2 heterocycles. The third kappa shape index (κ3) is 3.28. The summed E-state index contributed by atoms with van der Waals surface area (Å²) in [6, 6.07) is 16.2. The van der Waals surface area contributed by atoms with E-state index in [9.17, 15) is 4.79 Å². The average molecular weight is 413 g/mol. The summed E-state index contributed by atoms with van der Waals surface area (Å²) in [6.45, 7) is 0. The quantitative estimate of drug-likeness (QED) is 0.531. The first-order valence-electron chi connectivity index (χ1n) is 8.32. The van der Waals surface area contributed by atoms with Gasteiger partial charge in [-0.3, -0.25) is 4.79 Å². The van der Waals surface area contributed by atoms with Crippen LogP contribution < -0.4 is 15.7 Å². The highest BCUT2D eigenvalue weighted by Crippen LogP contribution is 2.33. The SMILES string of the molecule is COn1c(=O)c(-c2c(Cl)cccc2Cl)cc2cnc(Nc3ccccc3)nc21. The fourth-order valence-corrected chi connectivity index (χ4v) is 3.48. The van der Waals surface area contributed by atoms with Crippen LogP contribution in [0.15, 0.2) is 65.6 Å². The molecule has 0 fully saturated rings. The second kappa shape index (κ2) is 7.50. The summed E-state index contributed by atoms with van der Waals surface area (Å²) in [5, 5.41) is 4.44. The van der Waals surface area contributed by atoms with Gasteiger partial charge in [0.25, 0.3) is 5.56 Å². The fourth-order valence-electron chi connectivity index (χ4n) is 2.88. The first-order chi connectivity index (χ1) is 13.6. The topological polar surface area (TPSA) is 69.0 Å². The Morgan fingerprint density at radius 3 is 2.43 bits per heavy atom. The summed E-state index contributed by atoms with van der Waals surface area (Å²) in [5.74, 6) is 0.340. The lowest BCUT2D eigenvalue weighted by atomic mass is 10.1. The minimum atomic E-state index is -0.422. The molecular formula is C20H14Cl2N4O2. The largest absolute Gasteiger partial charge is 0.412 e. The van der Waals surface area contributed by atoms with Gasteiger partial charge in [0.05, 0.1) is 15.6 Å². The van der Waals surface area contributed by atoms with Crippen molar-refractivity contribution in [3.05, 3.63) is 81.2 Å². The van der Waals surface area contributed by atoms with Crippen LogP contribution in [0, 0.1) is 0 Å². The van der Waals surface area contributed by atoms with E-state index in [0.29, 0.717) is 38.2 Å². The van der Waals surface area contributed by atoms with Gasteiger partial charge in [-0.1, -0.05) is 47.5 Å². The maximum absolute atomic E-state index is 13.0. The van der Waals surface area contributed by atoms with Crippen LogP contribution in [-0.4, -0.2) is 21.8 Å². The summed E-state index contributed by atoms with van der Waals surface area (Å²) in [5.41, 5.74) is 1.47. The number of halogens is 2. The number of nitrogens with zero attached hydrogens (tertiary/aromatic N) is 3. The van der Waals surface area contributed by atoms with E-state index in [-0.39, 0.29) is 0 Å². The molecule has 0 bridgehead atoms. The molecule has 6 nitrogen and oxygen atoms in total. The average Bonchev–Trinajstić information content (AvgIpc) is 2.69. The van der Waals surface area contributed by atoms with Crippen molar-refractivity contribution in [2.75, 3.05) is 12.4 Å². The van der Waals surface area contributed by atoms with Gasteiger partial charge in [0.15, 0.2) is 5.65 Å². The summed E-state index contributed by atoms with van der Waals surface area (Å²) >= 11 is 12.6. The predicted octanol–water partition coefficient (Wildman–Crippen LogP) is 4.57. The first kappa shape index (κ1) is 18.3. The molecule has 0 aliphatic carbocycles. The zero-order chi connectivity index (χ0) is 19.7. The molecule has 4 aromatic rings. The lowest BCUT2D eigenvalue weighted by Gasteiger charge is -2.13. The highest BCUT2D eigenvalue weighted by Gasteiger charge is 2.18. The molecule has 0 aliphatic rings. The van der Waals surface area contributed by atoms with Crippen molar-refractivity contribution >= 4 is 45.9 Å². The van der Waals surface area contributed by atoms with E-state index in [0.717, 1.165) is 10.4 Å². The van der Waals surface area contributed by atoms with Crippen molar-refractivity contribution in [3.8, 4) is 11.1 Å². The third-order valence-corrected chi connectivity index (χ3v) is 4.78. The second-order valence-corrected chi connectivity index (χ2v) is 6.71. The number of pyridine rings is 1. The van der Waals surface area contributed by atoms with Gasteiger partial charge in [-0.15, -0.1) is 4.73 Å². The molecule has 0 amide bonds. The minimum absolute atomic E-state index is 0.303. The van der Waals surface area contributed by atoms with E-state index in [1.54, 1.807) is 30.5 Å². The van der Waals surface area contributed by atoms with Crippen LogP contribution in [0.3, 0.4) is 0 Å². The van der Waals surface area contributed by atoms with Crippen LogP contribution >= 0.6 is 23.2 Å². The lowest BCUT2D eigenvalue weighted by Crippen LogP contribution is -2.27. The summed E-state index contributed by atoms with van der Waals surface area (Å²) < 4.78 is 1.10. The highest BCUT2D eigenvalue weighted by molar-refractivity contribution is 6.39. The van der Waals surface area contributed by atoms with E-state index in [1.165, 1.54) is 7.11 Å². The Morgan fingerprint density at radius 2 is 1.75 bits per heavy atom. The molecule has 0 saturated carbocycles. The smallest absolute Gasteiger partial charge is 0.293 e. The number of para-hydroxylation sites is 1. The molecule has 4 rings (SSSR count). The molecule has 0 saturated heterocycles. The van der Waals surface area contributed by atoms with Crippen molar-refractivity contribution in [3.63, 3.8) is 0 Å². The van der Waals surface area contributed by atoms with E-state index in [1.807, 2.05) is 30.3 Å². The van der Waals surface area contributed by atoms with Crippen molar-refractivity contribution in [2.24, 2.45) is 0 Å². The highest BCUT2D eigenvalue weighted by atomic mass is 35.5. The molecule has 0 aliphatic heterocycles. The number of rotatable bonds is 4. The Hall–Kier alpha value is -3.09. The predicted molar refractivity (Wildman–Crippen MR) is 111 cm³/mol. The third-order valence-electron chi connectivity index (χ3n) is 4.15. The standard InChI is InChI=1S/C20H14Cl2N4O2/c1-28-26-18-12(11-23-20(25-18)24-13-6-3-2-4-7-13)10-14(19(26)27)17-15(21)8-5-9-16(17)22/h2-11H,1H3,(H,23,24,25). The number of benzene rings is 2. The number of fused-ring (bicyclic) bond motifs is 1. The first-order valence-corrected chi connectivity index (χ1v) is 9.08. The zero-order valence-electron chi connectivity index (χ0n) is 14.7. The van der Waals surface area contributed by atoms with Crippen LogP contribution in [0.1, 0.15) is 0 Å². The van der Waals surface area contributed by atoms with Gasteiger partial charge in [0.1, 0.15) is 7.11 Å². The molecule has 0 spiro atoms. The van der Waals surface area contributed by atoms with Crippen molar-refractivity contribution in [1.29, 1.82) is 0 Å². The lowest BCUT2D eigenvalue weighted by molar-refractivity contribution is 0.168. The molecule has 2 aromatic heterocycles. The van der Waals surface area contributed by atoms with Crippen LogP contribution in [0.2, 0.25) is 10.0 Å². The van der Waals surface area contributed by atoms with Gasteiger partial charge in [0.2, 0.25) is 5.95 Å². The number of nitrogens with one attached hydrogen (secondary N) is 1. The van der Waals surface area contributed by atoms with Crippen LogP contribution in [0.25, 0.3) is 22.2 Å². The maximum Gasteiger partial charge on any atom is 0.293 e. The van der Waals surface area contributed by atoms with Gasteiger partial charge in [-0.25, -0.2) is 4.98 Å². The molecular weight excluding hydrogens is 399 g/mol. The van der Waals surface area contributed by atoms with Gasteiger partial charge in [0, 0.05) is 22.8 Å². The number of hydrogen-bond acceptors (Lipinski definition) is 5. The molecule has 2 aromatic carbocycles. The fraction of sp³-hybridized carbons (Fsp3) is 0.0500.